The van der Waals surface area contributed by atoms with Gasteiger partial charge in [0, 0.05) is 37.4 Å². The Kier molecular flexibility index (Phi) is 6.50. The maximum absolute atomic E-state index is 12.9. The van der Waals surface area contributed by atoms with Gasteiger partial charge in [0.1, 0.15) is 5.75 Å². The highest BCUT2D eigenvalue weighted by Gasteiger charge is 2.31. The van der Waals surface area contributed by atoms with Crippen LogP contribution in [0.5, 0.6) is 5.75 Å². The lowest BCUT2D eigenvalue weighted by molar-refractivity contribution is -0.137. The van der Waals surface area contributed by atoms with Crippen molar-refractivity contribution in [1.29, 1.82) is 0 Å². The number of urea groups is 1. The molecule has 0 atom stereocenters. The number of ether oxygens (including phenoxy) is 1. The molecule has 0 aliphatic carbocycles. The Bertz CT molecular complexity index is 1090. The number of methoxy groups -OCH3 is 1. The SMILES string of the molecule is COc1ccc(NC(=O)N2CCN(Cc3nc(-c4cccc(C(F)(F)F)c4)no3)CC2)cc1. The first-order valence-electron chi connectivity index (χ1n) is 10.2. The van der Waals surface area contributed by atoms with Crippen molar-refractivity contribution in [2.75, 3.05) is 38.6 Å². The van der Waals surface area contributed by atoms with E-state index in [0.717, 1.165) is 12.1 Å². The van der Waals surface area contributed by atoms with Gasteiger partial charge in [0.2, 0.25) is 11.7 Å². The Morgan fingerprint density at radius 2 is 1.85 bits per heavy atom. The summed E-state index contributed by atoms with van der Waals surface area (Å²) < 4.78 is 49.1. The van der Waals surface area contributed by atoms with Crippen LogP contribution in [0, 0.1) is 0 Å². The Morgan fingerprint density at radius 3 is 2.52 bits per heavy atom. The summed E-state index contributed by atoms with van der Waals surface area (Å²) in [4.78, 5) is 20.5. The predicted octanol–water partition coefficient (Wildman–Crippen LogP) is 4.11. The zero-order valence-electron chi connectivity index (χ0n) is 17.8. The van der Waals surface area contributed by atoms with Crippen molar-refractivity contribution in [3.8, 4) is 17.1 Å². The quantitative estimate of drug-likeness (QED) is 0.616. The van der Waals surface area contributed by atoms with Gasteiger partial charge in [0.25, 0.3) is 0 Å². The molecule has 1 saturated heterocycles. The molecule has 1 fully saturated rings. The number of nitrogens with one attached hydrogen (secondary N) is 1. The van der Waals surface area contributed by atoms with E-state index in [1.54, 1.807) is 36.3 Å². The van der Waals surface area contributed by atoms with Gasteiger partial charge >= 0.3 is 12.2 Å². The van der Waals surface area contributed by atoms with Crippen LogP contribution in [0.2, 0.25) is 0 Å². The molecule has 4 rings (SSSR count). The maximum Gasteiger partial charge on any atom is 0.416 e. The van der Waals surface area contributed by atoms with Gasteiger partial charge in [-0.15, -0.1) is 0 Å². The number of nitrogens with zero attached hydrogens (tertiary/aromatic N) is 4. The maximum atomic E-state index is 12.9. The zero-order chi connectivity index (χ0) is 23.4. The van der Waals surface area contributed by atoms with Crippen LogP contribution in [0.3, 0.4) is 0 Å². The predicted molar refractivity (Wildman–Crippen MR) is 114 cm³/mol. The number of amides is 2. The van der Waals surface area contributed by atoms with E-state index in [1.165, 1.54) is 12.1 Å². The number of aromatic nitrogens is 2. The lowest BCUT2D eigenvalue weighted by Crippen LogP contribution is -2.49. The molecule has 0 bridgehead atoms. The van der Waals surface area contributed by atoms with E-state index in [0.29, 0.717) is 50.1 Å². The largest absolute Gasteiger partial charge is 0.497 e. The van der Waals surface area contributed by atoms with Gasteiger partial charge in [-0.3, -0.25) is 4.90 Å². The number of benzene rings is 2. The topological polar surface area (TPSA) is 83.7 Å². The van der Waals surface area contributed by atoms with Crippen LogP contribution >= 0.6 is 0 Å². The third kappa shape index (κ3) is 5.61. The van der Waals surface area contributed by atoms with E-state index in [-0.39, 0.29) is 17.4 Å². The molecule has 1 N–H and O–H groups in total. The lowest BCUT2D eigenvalue weighted by Gasteiger charge is -2.33. The average Bonchev–Trinajstić information content (AvgIpc) is 3.28. The van der Waals surface area contributed by atoms with Crippen LogP contribution in [0.1, 0.15) is 11.5 Å². The number of alkyl halides is 3. The van der Waals surface area contributed by atoms with Gasteiger partial charge in [-0.25, -0.2) is 4.79 Å². The standard InChI is InChI=1S/C22H22F3N5O3/c1-32-18-7-5-17(6-8-18)26-21(31)30-11-9-29(10-12-30)14-19-27-20(28-33-19)15-3-2-4-16(13-15)22(23,24)25/h2-8,13H,9-12,14H2,1H3,(H,26,31). The van der Waals surface area contributed by atoms with Crippen LogP contribution in [0.25, 0.3) is 11.4 Å². The lowest BCUT2D eigenvalue weighted by atomic mass is 10.1. The van der Waals surface area contributed by atoms with E-state index in [4.69, 9.17) is 9.26 Å². The first-order valence-corrected chi connectivity index (χ1v) is 10.2. The molecule has 0 radical (unpaired) electrons. The number of carbonyl (C=O) groups is 1. The van der Waals surface area contributed by atoms with Crippen molar-refractivity contribution in [2.24, 2.45) is 0 Å². The fraction of sp³-hybridized carbons (Fsp3) is 0.318. The molecule has 8 nitrogen and oxygen atoms in total. The van der Waals surface area contributed by atoms with Crippen LogP contribution in [-0.2, 0) is 12.7 Å². The van der Waals surface area contributed by atoms with Crippen LogP contribution in [0.4, 0.5) is 23.7 Å². The molecule has 174 valence electrons. The van der Waals surface area contributed by atoms with Crippen molar-refractivity contribution >= 4 is 11.7 Å². The molecule has 1 aliphatic heterocycles. The van der Waals surface area contributed by atoms with Crippen molar-refractivity contribution < 1.29 is 27.2 Å². The molecule has 0 spiro atoms. The number of hydrogen-bond donors (Lipinski definition) is 1. The van der Waals surface area contributed by atoms with Crippen molar-refractivity contribution in [1.82, 2.24) is 19.9 Å². The van der Waals surface area contributed by atoms with Gasteiger partial charge in [0.05, 0.1) is 19.2 Å². The van der Waals surface area contributed by atoms with E-state index in [2.05, 4.69) is 15.5 Å². The van der Waals surface area contributed by atoms with Gasteiger partial charge in [-0.1, -0.05) is 17.3 Å². The minimum Gasteiger partial charge on any atom is -0.497 e. The first-order chi connectivity index (χ1) is 15.8. The molecule has 1 aromatic heterocycles. The molecule has 3 aromatic rings. The van der Waals surface area contributed by atoms with Crippen LogP contribution < -0.4 is 10.1 Å². The second kappa shape index (κ2) is 9.49. The molecule has 0 unspecified atom stereocenters. The molecule has 2 aromatic carbocycles. The fourth-order valence-electron chi connectivity index (χ4n) is 3.45. The van der Waals surface area contributed by atoms with E-state index < -0.39 is 11.7 Å². The van der Waals surface area contributed by atoms with E-state index in [9.17, 15) is 18.0 Å². The Morgan fingerprint density at radius 1 is 1.12 bits per heavy atom. The minimum atomic E-state index is -4.44. The summed E-state index contributed by atoms with van der Waals surface area (Å²) in [6.45, 7) is 2.56. The summed E-state index contributed by atoms with van der Waals surface area (Å²) in [6.07, 6.45) is -4.44. The third-order valence-electron chi connectivity index (χ3n) is 5.28. The van der Waals surface area contributed by atoms with Crippen LogP contribution in [0.15, 0.2) is 53.1 Å². The fourth-order valence-corrected chi connectivity index (χ4v) is 3.45. The summed E-state index contributed by atoms with van der Waals surface area (Å²) in [5.41, 5.74) is 0.145. The monoisotopic (exact) mass is 461 g/mol. The molecular formula is C22H22F3N5O3. The molecule has 2 heterocycles. The molecule has 0 saturated carbocycles. The molecule has 1 aliphatic rings. The minimum absolute atomic E-state index is 0.105. The number of hydrogen-bond acceptors (Lipinski definition) is 6. The van der Waals surface area contributed by atoms with Crippen molar-refractivity contribution in [3.63, 3.8) is 0 Å². The Labute approximate surface area is 187 Å². The number of carbonyl (C=O) groups excluding carboxylic acids is 1. The first kappa shape index (κ1) is 22.6. The molecule has 11 heteroatoms. The highest BCUT2D eigenvalue weighted by Crippen LogP contribution is 2.31. The average molecular weight is 461 g/mol. The molecular weight excluding hydrogens is 439 g/mol. The second-order valence-corrected chi connectivity index (χ2v) is 7.51. The summed E-state index contributed by atoms with van der Waals surface area (Å²) in [6, 6.07) is 11.7. The zero-order valence-corrected chi connectivity index (χ0v) is 17.8. The Balaban J connectivity index is 1.30. The molecule has 33 heavy (non-hydrogen) atoms. The van der Waals surface area contributed by atoms with Crippen molar-refractivity contribution in [3.05, 3.63) is 60.0 Å². The summed E-state index contributed by atoms with van der Waals surface area (Å²) >= 11 is 0. The smallest absolute Gasteiger partial charge is 0.416 e. The van der Waals surface area contributed by atoms with E-state index >= 15 is 0 Å². The summed E-state index contributed by atoms with van der Waals surface area (Å²) in [5, 5.41) is 6.67. The van der Waals surface area contributed by atoms with E-state index in [1.807, 2.05) is 4.90 Å². The van der Waals surface area contributed by atoms with Gasteiger partial charge in [-0.05, 0) is 36.4 Å². The number of rotatable bonds is 5. The summed E-state index contributed by atoms with van der Waals surface area (Å²) in [5.74, 6) is 1.12. The van der Waals surface area contributed by atoms with Crippen LogP contribution in [-0.4, -0.2) is 59.3 Å². The van der Waals surface area contributed by atoms with Gasteiger partial charge in [0.15, 0.2) is 0 Å². The normalized spacial score (nSPS) is 14.8. The van der Waals surface area contributed by atoms with Gasteiger partial charge in [-0.2, -0.15) is 18.2 Å². The van der Waals surface area contributed by atoms with Crippen molar-refractivity contribution in [2.45, 2.75) is 12.7 Å². The number of halogens is 3. The number of anilines is 1. The summed E-state index contributed by atoms with van der Waals surface area (Å²) in [7, 11) is 1.58. The molecule has 2 amide bonds. The Hall–Kier alpha value is -3.60. The highest BCUT2D eigenvalue weighted by molar-refractivity contribution is 5.89. The highest BCUT2D eigenvalue weighted by atomic mass is 19.4. The van der Waals surface area contributed by atoms with Gasteiger partial charge < -0.3 is 19.5 Å². The third-order valence-corrected chi connectivity index (χ3v) is 5.28. The second-order valence-electron chi connectivity index (χ2n) is 7.51. The number of piperazine rings is 1.